The molecular formula is C25H20N2O4. The van der Waals surface area contributed by atoms with Gasteiger partial charge in [-0.05, 0) is 36.8 Å². The lowest BCUT2D eigenvalue weighted by Gasteiger charge is -2.24. The van der Waals surface area contributed by atoms with Crippen LogP contribution in [0.3, 0.4) is 0 Å². The second kappa shape index (κ2) is 6.36. The Morgan fingerprint density at radius 1 is 1.03 bits per heavy atom. The number of ether oxygens (including phenoxy) is 2. The fourth-order valence-electron chi connectivity index (χ4n) is 4.80. The molecule has 31 heavy (non-hydrogen) atoms. The van der Waals surface area contributed by atoms with Crippen LogP contribution in [0.4, 0.5) is 5.69 Å². The van der Waals surface area contributed by atoms with E-state index in [0.717, 1.165) is 22.2 Å². The van der Waals surface area contributed by atoms with Gasteiger partial charge in [0.2, 0.25) is 6.79 Å². The number of aromatic amines is 1. The van der Waals surface area contributed by atoms with Gasteiger partial charge in [-0.3, -0.25) is 4.79 Å². The number of aryl methyl sites for hydroxylation is 1. The summed E-state index contributed by atoms with van der Waals surface area (Å²) in [7, 11) is 0. The maximum atomic E-state index is 13.8. The highest BCUT2D eigenvalue weighted by Gasteiger charge is 2.52. The Morgan fingerprint density at radius 2 is 1.81 bits per heavy atom. The molecule has 3 aromatic carbocycles. The van der Waals surface area contributed by atoms with Gasteiger partial charge in [-0.2, -0.15) is 0 Å². The Bertz CT molecular complexity index is 1360. The first-order valence-electron chi connectivity index (χ1n) is 10.2. The van der Waals surface area contributed by atoms with E-state index in [2.05, 4.69) is 4.98 Å². The number of anilines is 1. The van der Waals surface area contributed by atoms with E-state index in [4.69, 9.17) is 9.47 Å². The quantitative estimate of drug-likeness (QED) is 0.534. The molecule has 0 bridgehead atoms. The van der Waals surface area contributed by atoms with E-state index in [1.165, 1.54) is 0 Å². The summed E-state index contributed by atoms with van der Waals surface area (Å²) in [6.07, 6.45) is 0. The summed E-state index contributed by atoms with van der Waals surface area (Å²) in [5, 5.41) is 12.8. The minimum atomic E-state index is -1.77. The third kappa shape index (κ3) is 2.45. The van der Waals surface area contributed by atoms with Crippen LogP contribution in [0.5, 0.6) is 11.5 Å². The number of nitrogens with one attached hydrogen (secondary N) is 1. The SMILES string of the molecule is Cc1[nH]c2ccccc2c1[C@]1(O)C(=O)N(Cc2ccc3c(c2)OCO3)c2ccccc21. The van der Waals surface area contributed by atoms with Crippen molar-refractivity contribution in [1.82, 2.24) is 4.98 Å². The first-order valence-corrected chi connectivity index (χ1v) is 10.2. The Hall–Kier alpha value is -3.77. The van der Waals surface area contributed by atoms with E-state index < -0.39 is 5.60 Å². The summed E-state index contributed by atoms with van der Waals surface area (Å²) in [6, 6.07) is 20.8. The van der Waals surface area contributed by atoms with E-state index in [1.54, 1.807) is 4.90 Å². The van der Waals surface area contributed by atoms with Gasteiger partial charge in [0.15, 0.2) is 17.1 Å². The molecule has 0 spiro atoms. The van der Waals surface area contributed by atoms with Crippen molar-refractivity contribution in [2.45, 2.75) is 19.1 Å². The van der Waals surface area contributed by atoms with Crippen molar-refractivity contribution >= 4 is 22.5 Å². The van der Waals surface area contributed by atoms with Crippen LogP contribution in [0, 0.1) is 6.92 Å². The lowest BCUT2D eigenvalue weighted by atomic mass is 9.85. The first kappa shape index (κ1) is 18.0. The van der Waals surface area contributed by atoms with Crippen LogP contribution in [-0.2, 0) is 16.9 Å². The number of hydrogen-bond donors (Lipinski definition) is 2. The van der Waals surface area contributed by atoms with Gasteiger partial charge in [-0.15, -0.1) is 0 Å². The Kier molecular flexibility index (Phi) is 3.70. The second-order valence-corrected chi connectivity index (χ2v) is 7.98. The highest BCUT2D eigenvalue weighted by Crippen LogP contribution is 2.48. The molecular weight excluding hydrogens is 392 g/mol. The summed E-state index contributed by atoms with van der Waals surface area (Å²) < 4.78 is 10.9. The van der Waals surface area contributed by atoms with Gasteiger partial charge in [0.1, 0.15) is 0 Å². The van der Waals surface area contributed by atoms with Crippen molar-refractivity contribution < 1.29 is 19.4 Å². The molecule has 3 heterocycles. The summed E-state index contributed by atoms with van der Waals surface area (Å²) in [5.74, 6) is 1.00. The maximum absolute atomic E-state index is 13.8. The van der Waals surface area contributed by atoms with Crippen LogP contribution in [0.1, 0.15) is 22.4 Å². The van der Waals surface area contributed by atoms with E-state index in [1.807, 2.05) is 73.7 Å². The van der Waals surface area contributed by atoms with Crippen LogP contribution < -0.4 is 14.4 Å². The molecule has 2 N–H and O–H groups in total. The number of aliphatic hydroxyl groups is 1. The number of nitrogens with zero attached hydrogens (tertiary/aromatic N) is 1. The highest BCUT2D eigenvalue weighted by molar-refractivity contribution is 6.11. The number of rotatable bonds is 3. The minimum Gasteiger partial charge on any atom is -0.454 e. The molecule has 0 saturated heterocycles. The molecule has 154 valence electrons. The average molecular weight is 412 g/mol. The van der Waals surface area contributed by atoms with Gasteiger partial charge in [0.25, 0.3) is 5.91 Å². The van der Waals surface area contributed by atoms with Crippen molar-refractivity contribution in [3.05, 3.63) is 89.1 Å². The molecule has 0 fully saturated rings. The van der Waals surface area contributed by atoms with Gasteiger partial charge in [-0.25, -0.2) is 0 Å². The molecule has 2 aliphatic rings. The van der Waals surface area contributed by atoms with Gasteiger partial charge in [0, 0.05) is 27.7 Å². The molecule has 0 aliphatic carbocycles. The largest absolute Gasteiger partial charge is 0.454 e. The van der Waals surface area contributed by atoms with E-state index in [0.29, 0.717) is 34.9 Å². The molecule has 0 unspecified atom stereocenters. The van der Waals surface area contributed by atoms with Gasteiger partial charge in [-0.1, -0.05) is 42.5 Å². The van der Waals surface area contributed by atoms with Crippen LogP contribution in [0.25, 0.3) is 10.9 Å². The highest BCUT2D eigenvalue weighted by atomic mass is 16.7. The van der Waals surface area contributed by atoms with E-state index in [-0.39, 0.29) is 12.7 Å². The monoisotopic (exact) mass is 412 g/mol. The lowest BCUT2D eigenvalue weighted by Crippen LogP contribution is -2.41. The summed E-state index contributed by atoms with van der Waals surface area (Å²) in [5.41, 5.74) is 2.70. The van der Waals surface area contributed by atoms with Crippen LogP contribution >= 0.6 is 0 Å². The lowest BCUT2D eigenvalue weighted by molar-refractivity contribution is -0.132. The van der Waals surface area contributed by atoms with Crippen LogP contribution in [0.2, 0.25) is 0 Å². The van der Waals surface area contributed by atoms with Crippen molar-refractivity contribution in [2.24, 2.45) is 0 Å². The van der Waals surface area contributed by atoms with Crippen molar-refractivity contribution in [3.63, 3.8) is 0 Å². The number of carbonyl (C=O) groups is 1. The van der Waals surface area contributed by atoms with Crippen LogP contribution in [0.15, 0.2) is 66.7 Å². The summed E-state index contributed by atoms with van der Waals surface area (Å²) in [6.45, 7) is 2.41. The molecule has 1 amide bonds. The predicted octanol–water partition coefficient (Wildman–Crippen LogP) is 3.99. The first-order chi connectivity index (χ1) is 15.1. The van der Waals surface area contributed by atoms with Crippen LogP contribution in [-0.4, -0.2) is 22.8 Å². The molecule has 0 radical (unpaired) electrons. The number of carbonyl (C=O) groups excluding carboxylic acids is 1. The van der Waals surface area contributed by atoms with Crippen molar-refractivity contribution in [2.75, 3.05) is 11.7 Å². The van der Waals surface area contributed by atoms with Gasteiger partial charge in [0.05, 0.1) is 12.2 Å². The van der Waals surface area contributed by atoms with Crippen molar-refractivity contribution in [1.29, 1.82) is 0 Å². The second-order valence-electron chi connectivity index (χ2n) is 7.98. The average Bonchev–Trinajstić information content (AvgIpc) is 3.44. The van der Waals surface area contributed by atoms with Crippen molar-refractivity contribution in [3.8, 4) is 11.5 Å². The number of amides is 1. The number of para-hydroxylation sites is 2. The molecule has 6 rings (SSSR count). The Morgan fingerprint density at radius 3 is 2.71 bits per heavy atom. The fourth-order valence-corrected chi connectivity index (χ4v) is 4.80. The fraction of sp³-hybridized carbons (Fsp3) is 0.160. The maximum Gasteiger partial charge on any atom is 0.268 e. The zero-order valence-electron chi connectivity index (χ0n) is 16.9. The number of aromatic nitrogens is 1. The smallest absolute Gasteiger partial charge is 0.268 e. The standard InChI is InChI=1S/C25H20N2O4/c1-15-23(17-6-2-4-8-19(17)26-15)25(29)18-7-3-5-9-20(18)27(24(25)28)13-16-10-11-21-22(12-16)31-14-30-21/h2-12,26,29H,13-14H2,1H3/t25-/m0/s1. The molecule has 6 nitrogen and oxygen atoms in total. The van der Waals surface area contributed by atoms with Gasteiger partial charge >= 0.3 is 0 Å². The zero-order chi connectivity index (χ0) is 21.2. The van der Waals surface area contributed by atoms with E-state index >= 15 is 0 Å². The Balaban J connectivity index is 1.49. The molecule has 1 aromatic heterocycles. The number of H-pyrrole nitrogens is 1. The third-order valence-corrected chi connectivity index (χ3v) is 6.17. The third-order valence-electron chi connectivity index (χ3n) is 6.17. The number of benzene rings is 3. The molecule has 0 saturated carbocycles. The Labute approximate surface area is 178 Å². The predicted molar refractivity (Wildman–Crippen MR) is 116 cm³/mol. The molecule has 1 atom stereocenters. The molecule has 4 aromatic rings. The van der Waals surface area contributed by atoms with E-state index in [9.17, 15) is 9.90 Å². The minimum absolute atomic E-state index is 0.198. The van der Waals surface area contributed by atoms with Gasteiger partial charge < -0.3 is 24.5 Å². The summed E-state index contributed by atoms with van der Waals surface area (Å²) >= 11 is 0. The zero-order valence-corrected chi connectivity index (χ0v) is 16.9. The molecule has 6 heteroatoms. The number of hydrogen-bond acceptors (Lipinski definition) is 4. The number of fused-ring (bicyclic) bond motifs is 3. The topological polar surface area (TPSA) is 74.8 Å². The molecule has 2 aliphatic heterocycles. The normalized spacial score (nSPS) is 19.3. The summed E-state index contributed by atoms with van der Waals surface area (Å²) in [4.78, 5) is 18.8.